The van der Waals surface area contributed by atoms with Crippen LogP contribution in [0.5, 0.6) is 0 Å². The van der Waals surface area contributed by atoms with E-state index in [1.165, 1.54) is 17.9 Å². The summed E-state index contributed by atoms with van der Waals surface area (Å²) in [5.74, 6) is -1.02. The number of amides is 1. The Bertz CT molecular complexity index is 971. The van der Waals surface area contributed by atoms with E-state index in [0.29, 0.717) is 11.4 Å². The van der Waals surface area contributed by atoms with Crippen molar-refractivity contribution < 1.29 is 14.3 Å². The maximum atomic E-state index is 12.8. The number of para-hydroxylation sites is 1. The van der Waals surface area contributed by atoms with Crippen LogP contribution in [0.1, 0.15) is 21.0 Å². The first kappa shape index (κ1) is 18.3. The fourth-order valence-corrected chi connectivity index (χ4v) is 3.44. The number of esters is 1. The van der Waals surface area contributed by atoms with Crippen molar-refractivity contribution in [2.75, 3.05) is 12.4 Å². The zero-order chi connectivity index (χ0) is 18.7. The molecule has 0 unspecified atom stereocenters. The fraction of sp³-hybridized carbons (Fsp3) is 0.0556. The lowest BCUT2D eigenvalue weighted by Crippen LogP contribution is -2.17. The van der Waals surface area contributed by atoms with Crippen molar-refractivity contribution in [1.29, 1.82) is 0 Å². The molecule has 8 heteroatoms. The molecule has 1 amide bonds. The summed E-state index contributed by atoms with van der Waals surface area (Å²) in [6.45, 7) is 0. The van der Waals surface area contributed by atoms with Crippen LogP contribution in [0.3, 0.4) is 0 Å². The maximum absolute atomic E-state index is 12.8. The molecule has 0 atom stereocenters. The van der Waals surface area contributed by atoms with Crippen LogP contribution in [-0.4, -0.2) is 28.8 Å². The van der Waals surface area contributed by atoms with Gasteiger partial charge in [0.2, 0.25) is 0 Å². The smallest absolute Gasteiger partial charge is 0.358 e. The molecule has 0 bridgehead atoms. The molecule has 0 radical (unpaired) electrons. The first-order valence-corrected chi connectivity index (χ1v) is 9.08. The number of nitrogens with zero attached hydrogens (tertiary/aromatic N) is 2. The topological polar surface area (TPSA) is 73.2 Å². The van der Waals surface area contributed by atoms with Gasteiger partial charge in [-0.25, -0.2) is 9.48 Å². The number of methoxy groups -OCH3 is 1. The number of ether oxygens (including phenoxy) is 1. The molecule has 2 aromatic carbocycles. The number of anilines is 1. The standard InChI is InChI=1S/C18H13Br2N3O3/c1-26-18(25)15-10-16(23(22-15)12-5-3-2-4-6-12)17(24)21-14-8-7-11(19)9-13(14)20/h2-10H,1H3,(H,21,24). The summed E-state index contributed by atoms with van der Waals surface area (Å²) in [4.78, 5) is 24.7. The number of halogens is 2. The van der Waals surface area contributed by atoms with Gasteiger partial charge in [-0.2, -0.15) is 5.10 Å². The fourth-order valence-electron chi connectivity index (χ4n) is 2.29. The van der Waals surface area contributed by atoms with E-state index in [2.05, 4.69) is 42.3 Å². The van der Waals surface area contributed by atoms with Crippen LogP contribution in [0.15, 0.2) is 63.5 Å². The number of benzene rings is 2. The van der Waals surface area contributed by atoms with Crippen molar-refractivity contribution in [1.82, 2.24) is 9.78 Å². The zero-order valence-corrected chi connectivity index (χ0v) is 16.7. The molecule has 0 aliphatic rings. The Kier molecular flexibility index (Phi) is 5.53. The largest absolute Gasteiger partial charge is 0.464 e. The minimum atomic E-state index is -0.612. The highest BCUT2D eigenvalue weighted by molar-refractivity contribution is 9.11. The molecule has 0 saturated heterocycles. The molecule has 3 rings (SSSR count). The Balaban J connectivity index is 2.00. The third kappa shape index (κ3) is 3.86. The molecule has 0 spiro atoms. The van der Waals surface area contributed by atoms with Gasteiger partial charge in [0, 0.05) is 15.0 Å². The van der Waals surface area contributed by atoms with Gasteiger partial charge < -0.3 is 10.1 Å². The van der Waals surface area contributed by atoms with Crippen molar-refractivity contribution >= 4 is 49.4 Å². The van der Waals surface area contributed by atoms with Crippen LogP contribution < -0.4 is 5.32 Å². The molecular formula is C18H13Br2N3O3. The van der Waals surface area contributed by atoms with Gasteiger partial charge in [-0.15, -0.1) is 0 Å². The van der Waals surface area contributed by atoms with Crippen LogP contribution in [0.2, 0.25) is 0 Å². The SMILES string of the molecule is COC(=O)c1cc(C(=O)Nc2ccc(Br)cc2Br)n(-c2ccccc2)n1. The molecule has 3 aromatic rings. The second kappa shape index (κ2) is 7.84. The second-order valence-corrected chi connectivity index (χ2v) is 7.00. The molecular weight excluding hydrogens is 466 g/mol. The van der Waals surface area contributed by atoms with E-state index < -0.39 is 11.9 Å². The summed E-state index contributed by atoms with van der Waals surface area (Å²) in [6.07, 6.45) is 0. The van der Waals surface area contributed by atoms with Gasteiger partial charge in [-0.1, -0.05) is 34.1 Å². The predicted molar refractivity (Wildman–Crippen MR) is 105 cm³/mol. The van der Waals surface area contributed by atoms with Crippen LogP contribution >= 0.6 is 31.9 Å². The van der Waals surface area contributed by atoms with Crippen molar-refractivity contribution in [3.8, 4) is 5.69 Å². The average molecular weight is 479 g/mol. The zero-order valence-electron chi connectivity index (χ0n) is 13.6. The minimum absolute atomic E-state index is 0.0522. The number of carbonyl (C=O) groups excluding carboxylic acids is 2. The van der Waals surface area contributed by atoms with Gasteiger partial charge >= 0.3 is 5.97 Å². The van der Waals surface area contributed by atoms with Crippen LogP contribution in [0, 0.1) is 0 Å². The van der Waals surface area contributed by atoms with E-state index in [0.717, 1.165) is 8.95 Å². The van der Waals surface area contributed by atoms with Gasteiger partial charge in [0.25, 0.3) is 5.91 Å². The Labute approximate surface area is 166 Å². The highest BCUT2D eigenvalue weighted by Crippen LogP contribution is 2.27. The summed E-state index contributed by atoms with van der Waals surface area (Å²) < 4.78 is 7.72. The molecule has 26 heavy (non-hydrogen) atoms. The van der Waals surface area contributed by atoms with E-state index in [4.69, 9.17) is 4.74 Å². The van der Waals surface area contributed by atoms with E-state index in [-0.39, 0.29) is 11.4 Å². The predicted octanol–water partition coefficient (Wildman–Crippen LogP) is 4.44. The molecule has 6 nitrogen and oxygen atoms in total. The van der Waals surface area contributed by atoms with E-state index in [1.54, 1.807) is 18.2 Å². The Morgan fingerprint density at radius 3 is 2.46 bits per heavy atom. The number of carbonyl (C=O) groups is 2. The van der Waals surface area contributed by atoms with Crippen LogP contribution in [0.4, 0.5) is 5.69 Å². The second-order valence-electron chi connectivity index (χ2n) is 5.23. The van der Waals surface area contributed by atoms with Gasteiger partial charge in [0.15, 0.2) is 5.69 Å². The number of hydrogen-bond donors (Lipinski definition) is 1. The third-order valence-electron chi connectivity index (χ3n) is 3.52. The number of aromatic nitrogens is 2. The minimum Gasteiger partial charge on any atom is -0.464 e. The molecule has 1 heterocycles. The van der Waals surface area contributed by atoms with Crippen molar-refractivity contribution in [2.24, 2.45) is 0 Å². The summed E-state index contributed by atoms with van der Waals surface area (Å²) in [6, 6.07) is 15.9. The highest BCUT2D eigenvalue weighted by Gasteiger charge is 2.21. The number of nitrogens with one attached hydrogen (secondary N) is 1. The molecule has 132 valence electrons. The molecule has 0 aliphatic heterocycles. The van der Waals surface area contributed by atoms with Crippen molar-refractivity contribution in [3.63, 3.8) is 0 Å². The van der Waals surface area contributed by atoms with Crippen molar-refractivity contribution in [3.05, 3.63) is 74.9 Å². The van der Waals surface area contributed by atoms with Crippen molar-refractivity contribution in [2.45, 2.75) is 0 Å². The maximum Gasteiger partial charge on any atom is 0.358 e. The Morgan fingerprint density at radius 2 is 1.81 bits per heavy atom. The third-order valence-corrected chi connectivity index (χ3v) is 4.67. The van der Waals surface area contributed by atoms with E-state index in [1.807, 2.05) is 30.3 Å². The number of rotatable bonds is 4. The Morgan fingerprint density at radius 1 is 1.08 bits per heavy atom. The molecule has 1 N–H and O–H groups in total. The molecule has 0 fully saturated rings. The van der Waals surface area contributed by atoms with Gasteiger partial charge in [-0.05, 0) is 46.3 Å². The Hall–Kier alpha value is -2.45. The molecule has 1 aromatic heterocycles. The first-order valence-electron chi connectivity index (χ1n) is 7.50. The lowest BCUT2D eigenvalue weighted by atomic mass is 10.2. The lowest BCUT2D eigenvalue weighted by molar-refractivity contribution is 0.0593. The molecule has 0 aliphatic carbocycles. The summed E-state index contributed by atoms with van der Waals surface area (Å²) in [5, 5.41) is 7.03. The normalized spacial score (nSPS) is 10.4. The monoisotopic (exact) mass is 477 g/mol. The summed E-state index contributed by atoms with van der Waals surface area (Å²) in [7, 11) is 1.27. The van der Waals surface area contributed by atoms with Crippen LogP contribution in [0.25, 0.3) is 5.69 Å². The first-order chi connectivity index (χ1) is 12.5. The summed E-state index contributed by atoms with van der Waals surface area (Å²) >= 11 is 6.78. The quantitative estimate of drug-likeness (QED) is 0.562. The van der Waals surface area contributed by atoms with Gasteiger partial charge in [0.1, 0.15) is 5.69 Å². The number of hydrogen-bond acceptors (Lipinski definition) is 4. The van der Waals surface area contributed by atoms with E-state index >= 15 is 0 Å². The van der Waals surface area contributed by atoms with Gasteiger partial charge in [0.05, 0.1) is 18.5 Å². The van der Waals surface area contributed by atoms with E-state index in [9.17, 15) is 9.59 Å². The van der Waals surface area contributed by atoms with Gasteiger partial charge in [-0.3, -0.25) is 4.79 Å². The average Bonchev–Trinajstić information content (AvgIpc) is 3.09. The molecule has 0 saturated carbocycles. The highest BCUT2D eigenvalue weighted by atomic mass is 79.9. The summed E-state index contributed by atoms with van der Waals surface area (Å²) in [5.41, 5.74) is 1.52. The lowest BCUT2D eigenvalue weighted by Gasteiger charge is -2.10. The van der Waals surface area contributed by atoms with Crippen LogP contribution in [-0.2, 0) is 4.74 Å².